The van der Waals surface area contributed by atoms with Crippen molar-refractivity contribution in [2.24, 2.45) is 5.92 Å². The number of para-hydroxylation sites is 1. The van der Waals surface area contributed by atoms with Gasteiger partial charge in [-0.1, -0.05) is 32.0 Å². The molecule has 1 aromatic heterocycles. The Morgan fingerprint density at radius 2 is 1.85 bits per heavy atom. The van der Waals surface area contributed by atoms with Gasteiger partial charge in [0.1, 0.15) is 24.0 Å². The molecule has 0 bridgehead atoms. The Morgan fingerprint density at radius 3 is 2.45 bits per heavy atom. The molecule has 0 unspecified atom stereocenters. The van der Waals surface area contributed by atoms with Gasteiger partial charge in [0, 0.05) is 18.2 Å². The lowest BCUT2D eigenvalue weighted by molar-refractivity contribution is -0.156. The number of ketones is 1. The Kier molecular flexibility index (Phi) is 9.85. The Hall–Kier alpha value is -3.16. The van der Waals surface area contributed by atoms with Crippen molar-refractivity contribution < 1.29 is 42.2 Å². The van der Waals surface area contributed by atoms with Gasteiger partial charge in [-0.25, -0.2) is 13.8 Å². The van der Waals surface area contributed by atoms with Crippen LogP contribution in [0.15, 0.2) is 52.2 Å². The number of nitrogens with one attached hydrogen (secondary N) is 2. The van der Waals surface area contributed by atoms with Gasteiger partial charge in [-0.3, -0.25) is 28.5 Å². The first kappa shape index (κ1) is 31.4. The van der Waals surface area contributed by atoms with Crippen LogP contribution in [0.4, 0.5) is 4.39 Å². The number of aromatic amines is 1. The zero-order valence-electron chi connectivity index (χ0n) is 22.6. The van der Waals surface area contributed by atoms with Crippen LogP contribution in [0.1, 0.15) is 40.8 Å². The molecule has 13 nitrogen and oxygen atoms in total. The zero-order chi connectivity index (χ0) is 29.8. The molecule has 220 valence electrons. The second kappa shape index (κ2) is 12.6. The third-order valence-corrected chi connectivity index (χ3v) is 7.81. The molecule has 0 amide bonds. The van der Waals surface area contributed by atoms with Gasteiger partial charge in [-0.15, -0.1) is 0 Å². The SMILES string of the molecule is CC(C)C(=O)[C@H](C)OC(=O)[C@H](C)N[P@](=O)(OC[C@H]1O[C@@H](n2ccc(=O)[nH]c2=O)[C@](C)(F)[C@@H]1O)Oc1ccccc1. The maximum Gasteiger partial charge on any atom is 0.459 e. The number of H-pyrrole nitrogens is 1. The quantitative estimate of drug-likeness (QED) is 0.245. The van der Waals surface area contributed by atoms with E-state index in [4.69, 9.17) is 18.5 Å². The van der Waals surface area contributed by atoms with Gasteiger partial charge in [0.15, 0.2) is 23.8 Å². The summed E-state index contributed by atoms with van der Waals surface area (Å²) in [5, 5.41) is 13.1. The highest BCUT2D eigenvalue weighted by Gasteiger charge is 2.56. The fourth-order valence-electron chi connectivity index (χ4n) is 3.94. The first-order chi connectivity index (χ1) is 18.6. The van der Waals surface area contributed by atoms with E-state index in [1.54, 1.807) is 32.0 Å². The molecule has 1 aromatic carbocycles. The topological polar surface area (TPSA) is 175 Å². The Bertz CT molecular complexity index is 1360. The first-order valence-electron chi connectivity index (χ1n) is 12.5. The number of aromatic nitrogens is 2. The Labute approximate surface area is 229 Å². The molecule has 1 aliphatic heterocycles. The molecular weight excluding hydrogens is 552 g/mol. The number of hydrogen-bond donors (Lipinski definition) is 3. The van der Waals surface area contributed by atoms with E-state index < -0.39 is 67.8 Å². The monoisotopic (exact) mass is 585 g/mol. The number of nitrogens with zero attached hydrogens (tertiary/aromatic N) is 1. The van der Waals surface area contributed by atoms with Gasteiger partial charge in [-0.05, 0) is 32.9 Å². The van der Waals surface area contributed by atoms with Crippen molar-refractivity contribution in [1.29, 1.82) is 0 Å². The minimum absolute atomic E-state index is 0.100. The van der Waals surface area contributed by atoms with E-state index in [1.807, 2.05) is 4.98 Å². The molecule has 3 N–H and O–H groups in total. The van der Waals surface area contributed by atoms with Crippen LogP contribution in [-0.2, 0) is 28.2 Å². The number of aliphatic hydroxyl groups excluding tert-OH is 1. The van der Waals surface area contributed by atoms with Gasteiger partial charge in [0.2, 0.25) is 0 Å². The Morgan fingerprint density at radius 1 is 1.20 bits per heavy atom. The number of alkyl halides is 1. The summed E-state index contributed by atoms with van der Waals surface area (Å²) in [4.78, 5) is 50.3. The summed E-state index contributed by atoms with van der Waals surface area (Å²) in [6.45, 7) is 6.35. The maximum atomic E-state index is 15.5. The third-order valence-electron chi connectivity index (χ3n) is 6.17. The van der Waals surface area contributed by atoms with Crippen LogP contribution >= 0.6 is 7.75 Å². The second-order valence-electron chi connectivity index (χ2n) is 9.82. The molecule has 15 heteroatoms. The number of rotatable bonds is 12. The fourth-order valence-corrected chi connectivity index (χ4v) is 5.44. The van der Waals surface area contributed by atoms with Gasteiger partial charge in [0.25, 0.3) is 5.56 Å². The summed E-state index contributed by atoms with van der Waals surface area (Å²) in [5.74, 6) is -1.49. The zero-order valence-corrected chi connectivity index (χ0v) is 23.5. The summed E-state index contributed by atoms with van der Waals surface area (Å²) < 4.78 is 51.8. The van der Waals surface area contributed by atoms with Crippen LogP contribution < -0.4 is 20.9 Å². The standard InChI is InChI=1S/C25H33FN3O10P/c1-14(2)20(31)16(4)37-22(33)15(3)28-40(35,39-17-9-7-6-8-10-17)36-13-18-21(32)25(5,26)23(38-18)29-12-11-19(30)27-24(29)34/h6-12,14-16,18,21,23,32H,13H2,1-5H3,(H,28,35)(H,27,30,34)/t15-,16-,18+,21+,23+,25+,40-/m0/s1. The number of carbonyl (C=O) groups is 2. The second-order valence-corrected chi connectivity index (χ2v) is 11.5. The fraction of sp³-hybridized carbons (Fsp3) is 0.520. The van der Waals surface area contributed by atoms with E-state index in [-0.39, 0.29) is 17.5 Å². The average Bonchev–Trinajstić information content (AvgIpc) is 3.10. The number of aliphatic hydroxyl groups is 1. The third kappa shape index (κ3) is 7.32. The molecule has 0 spiro atoms. The van der Waals surface area contributed by atoms with Gasteiger partial charge in [0.05, 0.1) is 6.61 Å². The number of Topliss-reactive ketones (excluding diaryl/α,β-unsaturated/α-hetero) is 1. The van der Waals surface area contributed by atoms with E-state index in [9.17, 15) is 28.8 Å². The van der Waals surface area contributed by atoms with Gasteiger partial charge < -0.3 is 19.1 Å². The molecule has 0 radical (unpaired) electrons. The molecule has 2 aromatic rings. The van der Waals surface area contributed by atoms with Crippen LogP contribution in [0.3, 0.4) is 0 Å². The molecule has 1 fully saturated rings. The largest absolute Gasteiger partial charge is 0.459 e. The van der Waals surface area contributed by atoms with E-state index in [2.05, 4.69) is 5.09 Å². The molecule has 7 atom stereocenters. The molecule has 40 heavy (non-hydrogen) atoms. The van der Waals surface area contributed by atoms with E-state index in [0.29, 0.717) is 0 Å². The van der Waals surface area contributed by atoms with Crippen molar-refractivity contribution >= 4 is 19.5 Å². The van der Waals surface area contributed by atoms with Gasteiger partial charge >= 0.3 is 19.4 Å². The summed E-state index contributed by atoms with van der Waals surface area (Å²) in [5.41, 5.74) is -4.20. The number of benzene rings is 1. The van der Waals surface area contributed by atoms with Crippen molar-refractivity contribution in [3.63, 3.8) is 0 Å². The Balaban J connectivity index is 1.78. The summed E-state index contributed by atoms with van der Waals surface area (Å²) in [6, 6.07) is 7.53. The van der Waals surface area contributed by atoms with Crippen molar-refractivity contribution in [3.05, 3.63) is 63.4 Å². The van der Waals surface area contributed by atoms with E-state index in [0.717, 1.165) is 23.8 Å². The highest BCUT2D eigenvalue weighted by atomic mass is 31.2. The highest BCUT2D eigenvalue weighted by molar-refractivity contribution is 7.52. The number of carbonyl (C=O) groups excluding carboxylic acids is 2. The molecule has 3 rings (SSSR count). The highest BCUT2D eigenvalue weighted by Crippen LogP contribution is 2.47. The van der Waals surface area contributed by atoms with Crippen LogP contribution in [0.25, 0.3) is 0 Å². The molecule has 1 aliphatic rings. The van der Waals surface area contributed by atoms with Crippen LogP contribution in [0.2, 0.25) is 0 Å². The summed E-state index contributed by atoms with van der Waals surface area (Å²) >= 11 is 0. The smallest absolute Gasteiger partial charge is 0.453 e. The average molecular weight is 586 g/mol. The van der Waals surface area contributed by atoms with Crippen molar-refractivity contribution in [2.45, 2.75) is 70.9 Å². The van der Waals surface area contributed by atoms with Crippen LogP contribution in [0.5, 0.6) is 5.75 Å². The normalized spacial score (nSPS) is 25.6. The van der Waals surface area contributed by atoms with Crippen molar-refractivity contribution in [2.75, 3.05) is 6.61 Å². The molecule has 1 saturated heterocycles. The molecular formula is C25H33FN3O10P. The van der Waals surface area contributed by atoms with Crippen LogP contribution in [0, 0.1) is 5.92 Å². The first-order valence-corrected chi connectivity index (χ1v) is 14.0. The number of ether oxygens (including phenoxy) is 2. The lowest BCUT2D eigenvalue weighted by Crippen LogP contribution is -2.44. The predicted octanol–water partition coefficient (Wildman–Crippen LogP) is 1.86. The minimum atomic E-state index is -4.43. The van der Waals surface area contributed by atoms with E-state index >= 15 is 4.39 Å². The summed E-state index contributed by atoms with van der Waals surface area (Å²) in [6.07, 6.45) is -4.99. The molecule has 2 heterocycles. The van der Waals surface area contributed by atoms with Crippen LogP contribution in [-0.4, -0.2) is 63.0 Å². The molecule has 0 aliphatic carbocycles. The van der Waals surface area contributed by atoms with E-state index in [1.165, 1.54) is 26.0 Å². The molecule has 0 saturated carbocycles. The predicted molar refractivity (Wildman–Crippen MR) is 139 cm³/mol. The summed E-state index contributed by atoms with van der Waals surface area (Å²) in [7, 11) is -4.43. The lowest BCUT2D eigenvalue weighted by Gasteiger charge is -2.25. The maximum absolute atomic E-state index is 15.5. The lowest BCUT2D eigenvalue weighted by atomic mass is 9.98. The van der Waals surface area contributed by atoms with Crippen molar-refractivity contribution in [3.8, 4) is 5.75 Å². The van der Waals surface area contributed by atoms with Crippen molar-refractivity contribution in [1.82, 2.24) is 14.6 Å². The number of hydrogen-bond acceptors (Lipinski definition) is 10. The number of halogens is 1. The minimum Gasteiger partial charge on any atom is -0.453 e. The number of esters is 1. The van der Waals surface area contributed by atoms with Gasteiger partial charge in [-0.2, -0.15) is 5.09 Å².